The van der Waals surface area contributed by atoms with Crippen LogP contribution >= 0.6 is 22.9 Å². The minimum atomic E-state index is 0.268. The van der Waals surface area contributed by atoms with Gasteiger partial charge in [-0.05, 0) is 18.4 Å². The second-order valence-electron chi connectivity index (χ2n) is 4.26. The van der Waals surface area contributed by atoms with E-state index < -0.39 is 0 Å². The standard InChI is InChI=1S/C12H12ClN5S/c1-8(5-9-3-2-4-19-9)16-11-6-10(13)17-12-14-7-15-18(11)12/h2-4,6-8,16H,5H2,1H3. The van der Waals surface area contributed by atoms with E-state index in [1.54, 1.807) is 21.9 Å². The summed E-state index contributed by atoms with van der Waals surface area (Å²) in [5, 5.41) is 10.0. The first kappa shape index (κ1) is 12.4. The minimum absolute atomic E-state index is 0.268. The lowest BCUT2D eigenvalue weighted by atomic mass is 10.2. The molecular formula is C12H12ClN5S. The zero-order valence-electron chi connectivity index (χ0n) is 10.2. The molecule has 1 N–H and O–H groups in total. The second kappa shape index (κ2) is 5.14. The number of fused-ring (bicyclic) bond motifs is 1. The summed E-state index contributed by atoms with van der Waals surface area (Å²) in [7, 11) is 0. The second-order valence-corrected chi connectivity index (χ2v) is 5.68. The van der Waals surface area contributed by atoms with Crippen LogP contribution < -0.4 is 5.32 Å². The van der Waals surface area contributed by atoms with Gasteiger partial charge < -0.3 is 5.32 Å². The molecule has 0 aromatic carbocycles. The topological polar surface area (TPSA) is 55.1 Å². The Labute approximate surface area is 119 Å². The van der Waals surface area contributed by atoms with Crippen molar-refractivity contribution in [3.8, 4) is 0 Å². The maximum atomic E-state index is 5.98. The first-order valence-corrected chi connectivity index (χ1v) is 7.13. The number of hydrogen-bond acceptors (Lipinski definition) is 5. The van der Waals surface area contributed by atoms with Gasteiger partial charge >= 0.3 is 0 Å². The fourth-order valence-electron chi connectivity index (χ4n) is 1.92. The lowest BCUT2D eigenvalue weighted by Gasteiger charge is -2.15. The Kier molecular flexibility index (Phi) is 3.35. The van der Waals surface area contributed by atoms with Gasteiger partial charge in [-0.3, -0.25) is 0 Å². The highest BCUT2D eigenvalue weighted by atomic mass is 35.5. The molecule has 0 aliphatic heterocycles. The number of anilines is 1. The molecule has 19 heavy (non-hydrogen) atoms. The zero-order valence-corrected chi connectivity index (χ0v) is 11.8. The molecule has 0 spiro atoms. The van der Waals surface area contributed by atoms with Crippen LogP contribution in [0, 0.1) is 0 Å². The molecule has 1 unspecified atom stereocenters. The van der Waals surface area contributed by atoms with Crippen LogP contribution in [0.4, 0.5) is 5.82 Å². The van der Waals surface area contributed by atoms with Crippen LogP contribution in [-0.4, -0.2) is 25.6 Å². The van der Waals surface area contributed by atoms with Crippen molar-refractivity contribution >= 4 is 34.5 Å². The van der Waals surface area contributed by atoms with Crippen molar-refractivity contribution in [3.63, 3.8) is 0 Å². The van der Waals surface area contributed by atoms with Crippen LogP contribution in [0.1, 0.15) is 11.8 Å². The van der Waals surface area contributed by atoms with Crippen LogP contribution in [0.5, 0.6) is 0 Å². The zero-order chi connectivity index (χ0) is 13.2. The third kappa shape index (κ3) is 2.69. The summed E-state index contributed by atoms with van der Waals surface area (Å²) in [6.45, 7) is 2.12. The third-order valence-electron chi connectivity index (χ3n) is 2.70. The molecule has 0 saturated heterocycles. The average Bonchev–Trinajstić information content (AvgIpc) is 2.99. The van der Waals surface area contributed by atoms with Gasteiger partial charge in [0.15, 0.2) is 0 Å². The van der Waals surface area contributed by atoms with Crippen molar-refractivity contribution in [1.29, 1.82) is 0 Å². The Hall–Kier alpha value is -1.66. The summed E-state index contributed by atoms with van der Waals surface area (Å²) in [5.41, 5.74) is 0. The quantitative estimate of drug-likeness (QED) is 0.752. The molecule has 0 aliphatic carbocycles. The number of aromatic nitrogens is 4. The van der Waals surface area contributed by atoms with E-state index in [1.165, 1.54) is 11.2 Å². The highest BCUT2D eigenvalue weighted by molar-refractivity contribution is 7.09. The van der Waals surface area contributed by atoms with Gasteiger partial charge in [0.1, 0.15) is 17.3 Å². The molecule has 0 aliphatic rings. The Morgan fingerprint density at radius 2 is 2.42 bits per heavy atom. The molecule has 0 bridgehead atoms. The predicted octanol–water partition coefficient (Wildman–Crippen LogP) is 2.88. The SMILES string of the molecule is CC(Cc1cccs1)Nc1cc(Cl)nc2ncnn12. The van der Waals surface area contributed by atoms with E-state index in [1.807, 2.05) is 0 Å². The molecule has 1 atom stereocenters. The molecule has 0 fully saturated rings. The van der Waals surface area contributed by atoms with Crippen LogP contribution in [0.2, 0.25) is 5.15 Å². The summed E-state index contributed by atoms with van der Waals surface area (Å²) >= 11 is 7.73. The number of rotatable bonds is 4. The van der Waals surface area contributed by atoms with Crippen molar-refractivity contribution in [2.75, 3.05) is 5.32 Å². The molecular weight excluding hydrogens is 282 g/mol. The van der Waals surface area contributed by atoms with Crippen LogP contribution in [0.15, 0.2) is 29.9 Å². The largest absolute Gasteiger partial charge is 0.367 e. The molecule has 3 heterocycles. The summed E-state index contributed by atoms with van der Waals surface area (Å²) in [4.78, 5) is 9.48. The highest BCUT2D eigenvalue weighted by Gasteiger charge is 2.10. The van der Waals surface area contributed by atoms with Gasteiger partial charge in [-0.15, -0.1) is 11.3 Å². The molecule has 7 heteroatoms. The molecule has 5 nitrogen and oxygen atoms in total. The Bertz CT molecular complexity index is 679. The average molecular weight is 294 g/mol. The van der Waals surface area contributed by atoms with E-state index in [9.17, 15) is 0 Å². The van der Waals surface area contributed by atoms with E-state index in [0.717, 1.165) is 12.2 Å². The summed E-state index contributed by atoms with van der Waals surface area (Å²) in [6.07, 6.45) is 2.42. The molecule has 0 amide bonds. The maximum absolute atomic E-state index is 5.98. The summed E-state index contributed by atoms with van der Waals surface area (Å²) in [6, 6.07) is 6.22. The van der Waals surface area contributed by atoms with Crippen molar-refractivity contribution in [2.24, 2.45) is 0 Å². The van der Waals surface area contributed by atoms with Crippen LogP contribution in [0.3, 0.4) is 0 Å². The third-order valence-corrected chi connectivity index (χ3v) is 3.79. The van der Waals surface area contributed by atoms with E-state index in [4.69, 9.17) is 11.6 Å². The molecule has 98 valence electrons. The Morgan fingerprint density at radius 3 is 3.21 bits per heavy atom. The summed E-state index contributed by atoms with van der Waals surface area (Å²) in [5.74, 6) is 1.30. The van der Waals surface area contributed by atoms with Crippen molar-refractivity contribution in [1.82, 2.24) is 19.6 Å². The highest BCUT2D eigenvalue weighted by Crippen LogP contribution is 2.17. The first-order valence-electron chi connectivity index (χ1n) is 5.87. The minimum Gasteiger partial charge on any atom is -0.367 e. The summed E-state index contributed by atoms with van der Waals surface area (Å²) < 4.78 is 1.65. The van der Waals surface area contributed by atoms with Crippen molar-refractivity contribution < 1.29 is 0 Å². The normalized spacial score (nSPS) is 12.7. The number of nitrogens with one attached hydrogen (secondary N) is 1. The van der Waals surface area contributed by atoms with Gasteiger partial charge in [-0.1, -0.05) is 17.7 Å². The van der Waals surface area contributed by atoms with Gasteiger partial charge in [-0.2, -0.15) is 19.6 Å². The van der Waals surface area contributed by atoms with E-state index in [0.29, 0.717) is 10.9 Å². The van der Waals surface area contributed by atoms with Gasteiger partial charge in [0, 0.05) is 23.4 Å². The predicted molar refractivity (Wildman–Crippen MR) is 76.9 cm³/mol. The molecule has 3 aromatic heterocycles. The number of halogens is 1. The van der Waals surface area contributed by atoms with Gasteiger partial charge in [0.25, 0.3) is 5.78 Å². The van der Waals surface area contributed by atoms with Crippen molar-refractivity contribution in [3.05, 3.63) is 39.9 Å². The maximum Gasteiger partial charge on any atom is 0.255 e. The smallest absolute Gasteiger partial charge is 0.255 e. The Balaban J connectivity index is 1.82. The fourth-order valence-corrected chi connectivity index (χ4v) is 2.93. The van der Waals surface area contributed by atoms with E-state index in [-0.39, 0.29) is 6.04 Å². The lowest BCUT2D eigenvalue weighted by molar-refractivity contribution is 0.779. The molecule has 3 aromatic rings. The first-order chi connectivity index (χ1) is 9.22. The van der Waals surface area contributed by atoms with Crippen LogP contribution in [-0.2, 0) is 6.42 Å². The number of nitrogens with zero attached hydrogens (tertiary/aromatic N) is 4. The van der Waals surface area contributed by atoms with Gasteiger partial charge in [-0.25, -0.2) is 0 Å². The molecule has 3 rings (SSSR count). The monoisotopic (exact) mass is 293 g/mol. The Morgan fingerprint density at radius 1 is 1.53 bits per heavy atom. The van der Waals surface area contributed by atoms with Crippen molar-refractivity contribution in [2.45, 2.75) is 19.4 Å². The molecule has 0 saturated carbocycles. The number of hydrogen-bond donors (Lipinski definition) is 1. The fraction of sp³-hybridized carbons (Fsp3) is 0.250. The lowest BCUT2D eigenvalue weighted by Crippen LogP contribution is -2.19. The van der Waals surface area contributed by atoms with E-state index in [2.05, 4.69) is 44.8 Å². The number of thiophene rings is 1. The van der Waals surface area contributed by atoms with Crippen LogP contribution in [0.25, 0.3) is 5.78 Å². The molecule has 0 radical (unpaired) electrons. The van der Waals surface area contributed by atoms with Gasteiger partial charge in [0.05, 0.1) is 0 Å². The van der Waals surface area contributed by atoms with E-state index >= 15 is 0 Å². The van der Waals surface area contributed by atoms with Gasteiger partial charge in [0.2, 0.25) is 0 Å².